The van der Waals surface area contributed by atoms with Crippen molar-refractivity contribution in [2.75, 3.05) is 0 Å². The van der Waals surface area contributed by atoms with Gasteiger partial charge in [0.25, 0.3) is 0 Å². The van der Waals surface area contributed by atoms with Crippen LogP contribution in [0.25, 0.3) is 0 Å². The molecule has 0 aromatic carbocycles. The van der Waals surface area contributed by atoms with Crippen molar-refractivity contribution in [3.8, 4) is 0 Å². The van der Waals surface area contributed by atoms with Gasteiger partial charge < -0.3 is 5.11 Å². The summed E-state index contributed by atoms with van der Waals surface area (Å²) in [6.45, 7) is 12.0. The van der Waals surface area contributed by atoms with Gasteiger partial charge in [0.2, 0.25) is 0 Å². The molecule has 1 heterocycles. The van der Waals surface area contributed by atoms with E-state index in [1.165, 1.54) is 0 Å². The summed E-state index contributed by atoms with van der Waals surface area (Å²) >= 11 is 0. The van der Waals surface area contributed by atoms with Gasteiger partial charge in [0, 0.05) is 23.4 Å². The minimum Gasteiger partial charge on any atom is -0.481 e. The minimum absolute atomic E-state index is 0.127. The molecule has 1 aromatic heterocycles. The Hall–Kier alpha value is -1.45. The standard InChI is InChI=1S/C15H24N2O2/c1-7-15(5,6)11(12(18)19)10-8-16-13(17-9-10)14(2,3)4/h8-9,11H,7H2,1-6H3,(H,18,19)/t11-/m0/s1. The summed E-state index contributed by atoms with van der Waals surface area (Å²) in [4.78, 5) is 20.2. The van der Waals surface area contributed by atoms with E-state index in [0.717, 1.165) is 12.2 Å². The lowest BCUT2D eigenvalue weighted by Gasteiger charge is -2.30. The van der Waals surface area contributed by atoms with E-state index in [0.29, 0.717) is 5.56 Å². The Morgan fingerprint density at radius 1 is 1.21 bits per heavy atom. The van der Waals surface area contributed by atoms with E-state index in [9.17, 15) is 9.90 Å². The Bertz CT molecular complexity index is 444. The van der Waals surface area contributed by atoms with E-state index in [-0.39, 0.29) is 10.8 Å². The van der Waals surface area contributed by atoms with Gasteiger partial charge in [0.05, 0.1) is 5.92 Å². The van der Waals surface area contributed by atoms with Gasteiger partial charge in [-0.2, -0.15) is 0 Å². The zero-order valence-electron chi connectivity index (χ0n) is 12.7. The highest BCUT2D eigenvalue weighted by molar-refractivity contribution is 5.76. The predicted octanol–water partition coefficient (Wildman–Crippen LogP) is 3.38. The van der Waals surface area contributed by atoms with Crippen LogP contribution in [-0.4, -0.2) is 21.0 Å². The van der Waals surface area contributed by atoms with Crippen LogP contribution in [0.4, 0.5) is 0 Å². The summed E-state index contributed by atoms with van der Waals surface area (Å²) in [5.74, 6) is -0.667. The molecule has 1 atom stereocenters. The Morgan fingerprint density at radius 3 is 2.00 bits per heavy atom. The molecule has 0 aliphatic carbocycles. The van der Waals surface area contributed by atoms with E-state index in [1.54, 1.807) is 12.4 Å². The lowest BCUT2D eigenvalue weighted by Crippen LogP contribution is -2.29. The maximum atomic E-state index is 11.5. The predicted molar refractivity (Wildman–Crippen MR) is 75.2 cm³/mol. The third-order valence-electron chi connectivity index (χ3n) is 3.62. The Labute approximate surface area is 115 Å². The Morgan fingerprint density at radius 2 is 1.68 bits per heavy atom. The van der Waals surface area contributed by atoms with Crippen LogP contribution in [0.3, 0.4) is 0 Å². The van der Waals surface area contributed by atoms with E-state index < -0.39 is 11.9 Å². The molecule has 0 aliphatic heterocycles. The number of hydrogen-bond donors (Lipinski definition) is 1. The second-order valence-electron chi connectivity index (χ2n) is 6.70. The summed E-state index contributed by atoms with van der Waals surface area (Å²) in [6.07, 6.45) is 4.10. The third kappa shape index (κ3) is 3.52. The van der Waals surface area contributed by atoms with Gasteiger partial charge in [-0.05, 0) is 11.8 Å². The summed E-state index contributed by atoms with van der Waals surface area (Å²) in [7, 11) is 0. The maximum Gasteiger partial charge on any atom is 0.311 e. The maximum absolute atomic E-state index is 11.5. The van der Waals surface area contributed by atoms with E-state index in [4.69, 9.17) is 0 Å². The van der Waals surface area contributed by atoms with Crippen molar-refractivity contribution in [1.29, 1.82) is 0 Å². The van der Waals surface area contributed by atoms with Crippen molar-refractivity contribution in [2.24, 2.45) is 5.41 Å². The van der Waals surface area contributed by atoms with Crippen LogP contribution in [0.1, 0.15) is 65.3 Å². The molecule has 0 spiro atoms. The summed E-state index contributed by atoms with van der Waals surface area (Å²) < 4.78 is 0. The second kappa shape index (κ2) is 5.27. The van der Waals surface area contributed by atoms with Crippen LogP contribution >= 0.6 is 0 Å². The summed E-state index contributed by atoms with van der Waals surface area (Å²) in [5.41, 5.74) is 0.225. The van der Waals surface area contributed by atoms with Crippen molar-refractivity contribution in [3.05, 3.63) is 23.8 Å². The van der Waals surface area contributed by atoms with Gasteiger partial charge >= 0.3 is 5.97 Å². The van der Waals surface area contributed by atoms with Crippen LogP contribution in [0, 0.1) is 5.41 Å². The van der Waals surface area contributed by atoms with Gasteiger partial charge in [-0.3, -0.25) is 4.79 Å². The van der Waals surface area contributed by atoms with Crippen molar-refractivity contribution in [3.63, 3.8) is 0 Å². The number of nitrogens with zero attached hydrogens (tertiary/aromatic N) is 2. The zero-order valence-corrected chi connectivity index (χ0v) is 12.7. The van der Waals surface area contributed by atoms with Gasteiger partial charge in [-0.1, -0.05) is 41.5 Å². The van der Waals surface area contributed by atoms with E-state index in [1.807, 2.05) is 41.5 Å². The molecule has 0 unspecified atom stereocenters. The first-order chi connectivity index (χ1) is 8.59. The van der Waals surface area contributed by atoms with Gasteiger partial charge in [-0.15, -0.1) is 0 Å². The van der Waals surface area contributed by atoms with Gasteiger partial charge in [0.1, 0.15) is 5.82 Å². The minimum atomic E-state index is -0.820. The number of carbonyl (C=O) groups is 1. The molecular formula is C15H24N2O2. The molecule has 0 fully saturated rings. The SMILES string of the molecule is CCC(C)(C)[C@H](C(=O)O)c1cnc(C(C)(C)C)nc1. The van der Waals surface area contributed by atoms with Crippen LogP contribution < -0.4 is 0 Å². The van der Waals surface area contributed by atoms with Crippen molar-refractivity contribution < 1.29 is 9.90 Å². The van der Waals surface area contributed by atoms with E-state index >= 15 is 0 Å². The average molecular weight is 264 g/mol. The molecule has 0 saturated carbocycles. The lowest BCUT2D eigenvalue weighted by atomic mass is 9.74. The third-order valence-corrected chi connectivity index (χ3v) is 3.62. The molecule has 0 amide bonds. The molecule has 0 bridgehead atoms. The number of rotatable bonds is 4. The van der Waals surface area contributed by atoms with Crippen LogP contribution in [0.5, 0.6) is 0 Å². The molecule has 19 heavy (non-hydrogen) atoms. The zero-order chi connectivity index (χ0) is 14.8. The first-order valence-electron chi connectivity index (χ1n) is 6.65. The molecule has 1 N–H and O–H groups in total. The van der Waals surface area contributed by atoms with Crippen molar-refractivity contribution in [2.45, 2.75) is 59.3 Å². The molecule has 106 valence electrons. The topological polar surface area (TPSA) is 63.1 Å². The largest absolute Gasteiger partial charge is 0.481 e. The Balaban J connectivity index is 3.16. The second-order valence-corrected chi connectivity index (χ2v) is 6.70. The quantitative estimate of drug-likeness (QED) is 0.905. The fourth-order valence-corrected chi connectivity index (χ4v) is 2.01. The number of carboxylic acids is 1. The Kier molecular flexibility index (Phi) is 4.33. The molecule has 1 aromatic rings. The van der Waals surface area contributed by atoms with Crippen LogP contribution in [0.2, 0.25) is 0 Å². The highest BCUT2D eigenvalue weighted by Crippen LogP contribution is 2.38. The number of aliphatic carboxylic acids is 1. The van der Waals surface area contributed by atoms with E-state index in [2.05, 4.69) is 9.97 Å². The number of hydrogen-bond acceptors (Lipinski definition) is 3. The molecule has 1 rings (SSSR count). The first kappa shape index (κ1) is 15.6. The highest BCUT2D eigenvalue weighted by atomic mass is 16.4. The fraction of sp³-hybridized carbons (Fsp3) is 0.667. The molecule has 0 aliphatic rings. The van der Waals surface area contributed by atoms with Crippen molar-refractivity contribution in [1.82, 2.24) is 9.97 Å². The van der Waals surface area contributed by atoms with Crippen LogP contribution in [0.15, 0.2) is 12.4 Å². The van der Waals surface area contributed by atoms with Crippen LogP contribution in [-0.2, 0) is 10.2 Å². The average Bonchev–Trinajstić information content (AvgIpc) is 2.27. The van der Waals surface area contributed by atoms with Gasteiger partial charge in [0.15, 0.2) is 0 Å². The highest BCUT2D eigenvalue weighted by Gasteiger charge is 2.35. The molecule has 0 saturated heterocycles. The molecule has 4 heteroatoms. The lowest BCUT2D eigenvalue weighted by molar-refractivity contribution is -0.141. The molecular weight excluding hydrogens is 240 g/mol. The monoisotopic (exact) mass is 264 g/mol. The van der Waals surface area contributed by atoms with Crippen molar-refractivity contribution >= 4 is 5.97 Å². The molecule has 4 nitrogen and oxygen atoms in total. The number of aromatic nitrogens is 2. The van der Waals surface area contributed by atoms with Gasteiger partial charge in [-0.25, -0.2) is 9.97 Å². The molecule has 0 radical (unpaired) electrons. The number of carboxylic acid groups (broad SMARTS) is 1. The first-order valence-corrected chi connectivity index (χ1v) is 6.65. The summed E-state index contributed by atoms with van der Waals surface area (Å²) in [6, 6.07) is 0. The normalized spacial score (nSPS) is 14.2. The smallest absolute Gasteiger partial charge is 0.311 e. The fourth-order valence-electron chi connectivity index (χ4n) is 2.01. The summed E-state index contributed by atoms with van der Waals surface area (Å²) in [5, 5.41) is 9.47.